The number of hydrogen-bond donors (Lipinski definition) is 2. The predicted molar refractivity (Wildman–Crippen MR) is 72.5 cm³/mol. The zero-order valence-electron chi connectivity index (χ0n) is 11.2. The van der Waals surface area contributed by atoms with Gasteiger partial charge in [-0.2, -0.15) is 0 Å². The van der Waals surface area contributed by atoms with Crippen LogP contribution >= 0.6 is 0 Å². The van der Waals surface area contributed by atoms with E-state index in [2.05, 4.69) is 32.0 Å². The molecular weight excluding hydrogens is 197 g/mol. The van der Waals surface area contributed by atoms with E-state index in [1.54, 1.807) is 0 Å². The summed E-state index contributed by atoms with van der Waals surface area (Å²) in [5, 5.41) is 10.7. The normalized spacial score (nSPS) is 27.1. The molecule has 16 heavy (non-hydrogen) atoms. The zero-order valence-corrected chi connectivity index (χ0v) is 11.2. The second-order valence-corrected chi connectivity index (χ2v) is 5.56. The highest BCUT2D eigenvalue weighted by Crippen LogP contribution is 2.38. The van der Waals surface area contributed by atoms with Crippen molar-refractivity contribution < 1.29 is 0 Å². The lowest BCUT2D eigenvalue weighted by Crippen LogP contribution is -2.46. The lowest BCUT2D eigenvalue weighted by Gasteiger charge is -2.44. The van der Waals surface area contributed by atoms with E-state index in [0.29, 0.717) is 5.92 Å². The number of nitrogens with one attached hydrogen (secondary N) is 2. The number of piperidine rings is 1. The molecule has 1 atom stereocenters. The van der Waals surface area contributed by atoms with Crippen LogP contribution in [0.5, 0.6) is 0 Å². The van der Waals surface area contributed by atoms with E-state index in [0.717, 1.165) is 18.7 Å². The second kappa shape index (κ2) is 5.04. The average molecular weight is 221 g/mol. The van der Waals surface area contributed by atoms with Crippen LogP contribution in [0, 0.1) is 16.7 Å². The lowest BCUT2D eigenvalue weighted by molar-refractivity contribution is 0.125. The Hall–Kier alpha value is -0.765. The Kier molecular flexibility index (Phi) is 4.19. The van der Waals surface area contributed by atoms with E-state index in [-0.39, 0.29) is 5.41 Å². The van der Waals surface area contributed by atoms with Gasteiger partial charge in [0.25, 0.3) is 0 Å². The van der Waals surface area contributed by atoms with Crippen LogP contribution in [0.3, 0.4) is 0 Å². The van der Waals surface area contributed by atoms with Crippen molar-refractivity contribution in [2.24, 2.45) is 11.3 Å². The molecule has 0 aromatic heterocycles. The third-order valence-electron chi connectivity index (χ3n) is 3.68. The maximum Gasteiger partial charge on any atom is 0.185 e. The van der Waals surface area contributed by atoms with Crippen molar-refractivity contribution in [2.75, 3.05) is 20.1 Å². The number of nitrogens with zero attached hydrogens (tertiary/aromatic N) is 1. The summed E-state index contributed by atoms with van der Waals surface area (Å²) in [7, 11) is 4.15. The van der Waals surface area contributed by atoms with Crippen molar-refractivity contribution >= 4 is 14.2 Å². The minimum atomic E-state index is 0.273. The minimum absolute atomic E-state index is 0.273. The van der Waals surface area contributed by atoms with Crippen LogP contribution in [0.25, 0.3) is 0 Å². The van der Waals surface area contributed by atoms with Crippen LogP contribution in [-0.2, 0) is 0 Å². The molecule has 1 aliphatic rings. The Morgan fingerprint density at radius 2 is 2.19 bits per heavy atom. The van der Waals surface area contributed by atoms with E-state index >= 15 is 0 Å². The first-order chi connectivity index (χ1) is 7.42. The van der Waals surface area contributed by atoms with E-state index in [4.69, 9.17) is 5.41 Å². The molecule has 90 valence electrons. The maximum atomic E-state index is 7.40. The number of allylic oxidation sites excluding steroid dienone is 2. The van der Waals surface area contributed by atoms with Gasteiger partial charge in [-0.15, -0.1) is 0 Å². The Morgan fingerprint density at radius 3 is 2.62 bits per heavy atom. The van der Waals surface area contributed by atoms with E-state index in [1.165, 1.54) is 18.3 Å². The van der Waals surface area contributed by atoms with Crippen LogP contribution in [0.4, 0.5) is 0 Å². The summed E-state index contributed by atoms with van der Waals surface area (Å²) in [6, 6.07) is 0. The molecule has 1 fully saturated rings. The van der Waals surface area contributed by atoms with Crippen molar-refractivity contribution in [3.8, 4) is 0 Å². The van der Waals surface area contributed by atoms with Gasteiger partial charge in [0.2, 0.25) is 0 Å². The topological polar surface area (TPSA) is 39.1 Å². The number of hydrogen-bond acceptors (Lipinski definition) is 3. The average Bonchev–Trinajstić information content (AvgIpc) is 2.20. The van der Waals surface area contributed by atoms with Crippen molar-refractivity contribution in [1.82, 2.24) is 10.1 Å². The Labute approximate surface area is 100 Å². The first-order valence-corrected chi connectivity index (χ1v) is 6.00. The summed E-state index contributed by atoms with van der Waals surface area (Å²) in [5.41, 5.74) is 2.58. The van der Waals surface area contributed by atoms with Crippen LogP contribution < -0.4 is 5.32 Å². The molecule has 0 spiro atoms. The van der Waals surface area contributed by atoms with Gasteiger partial charge in [0.15, 0.2) is 7.98 Å². The van der Waals surface area contributed by atoms with Crippen molar-refractivity contribution in [3.63, 3.8) is 0 Å². The molecule has 1 rings (SSSR count). The molecule has 0 amide bonds. The molecule has 1 saturated heterocycles. The second-order valence-electron chi connectivity index (χ2n) is 5.56. The molecule has 0 aromatic rings. The molecule has 0 aromatic carbocycles. The zero-order chi connectivity index (χ0) is 12.3. The third kappa shape index (κ3) is 2.67. The Bertz CT molecular complexity index is 297. The Balaban J connectivity index is 2.98. The maximum absolute atomic E-state index is 7.40. The molecule has 1 aliphatic heterocycles. The van der Waals surface area contributed by atoms with Crippen LogP contribution in [0.15, 0.2) is 11.3 Å². The molecular formula is C12H24BN3. The van der Waals surface area contributed by atoms with Crippen LogP contribution in [-0.4, -0.2) is 39.1 Å². The summed E-state index contributed by atoms with van der Waals surface area (Å²) in [6.45, 7) is 8.93. The summed E-state index contributed by atoms with van der Waals surface area (Å²) >= 11 is 0. The van der Waals surface area contributed by atoms with Gasteiger partial charge in [0, 0.05) is 24.9 Å². The predicted octanol–water partition coefficient (Wildman–Crippen LogP) is 1.03. The lowest BCUT2D eigenvalue weighted by atomic mass is 9.70. The van der Waals surface area contributed by atoms with Gasteiger partial charge in [0.1, 0.15) is 0 Å². The quantitative estimate of drug-likeness (QED) is 0.551. The molecule has 1 unspecified atom stereocenters. The SMILES string of the molecule is BN1CCC(/C(NC)=C(\C)C=N)C(C)(C)C1. The molecule has 2 N–H and O–H groups in total. The van der Waals surface area contributed by atoms with Gasteiger partial charge in [-0.25, -0.2) is 0 Å². The number of rotatable bonds is 3. The van der Waals surface area contributed by atoms with Crippen molar-refractivity contribution in [3.05, 3.63) is 11.3 Å². The highest BCUT2D eigenvalue weighted by Gasteiger charge is 2.36. The smallest absolute Gasteiger partial charge is 0.185 e. The summed E-state index contributed by atoms with van der Waals surface area (Å²) in [4.78, 5) is 2.39. The molecule has 0 bridgehead atoms. The molecule has 3 nitrogen and oxygen atoms in total. The van der Waals surface area contributed by atoms with Crippen molar-refractivity contribution in [1.29, 1.82) is 5.41 Å². The standard InChI is InChI=1S/C12H24BN3/c1-9(7-14)11(15-4)10-5-6-16(13)8-12(10,2)3/h7,10,14-15H,5-6,8,13H2,1-4H3/b11-9-,14-7?. The van der Waals surface area contributed by atoms with Crippen LogP contribution in [0.2, 0.25) is 0 Å². The van der Waals surface area contributed by atoms with Gasteiger partial charge in [-0.1, -0.05) is 13.8 Å². The van der Waals surface area contributed by atoms with E-state index in [1.807, 2.05) is 14.0 Å². The first kappa shape index (κ1) is 13.3. The van der Waals surface area contributed by atoms with Crippen LogP contribution in [0.1, 0.15) is 27.2 Å². The summed E-state index contributed by atoms with van der Waals surface area (Å²) in [5.74, 6) is 0.537. The molecule has 1 heterocycles. The molecule has 0 radical (unpaired) electrons. The van der Waals surface area contributed by atoms with Gasteiger partial charge >= 0.3 is 0 Å². The third-order valence-corrected chi connectivity index (χ3v) is 3.68. The van der Waals surface area contributed by atoms with E-state index < -0.39 is 0 Å². The minimum Gasteiger partial charge on any atom is -0.391 e. The fraction of sp³-hybridized carbons (Fsp3) is 0.750. The largest absolute Gasteiger partial charge is 0.391 e. The first-order valence-electron chi connectivity index (χ1n) is 6.00. The summed E-state index contributed by atoms with van der Waals surface area (Å²) < 4.78 is 0. The molecule has 4 heteroatoms. The fourth-order valence-electron chi connectivity index (χ4n) is 2.88. The highest BCUT2D eigenvalue weighted by atomic mass is 15.1. The highest BCUT2D eigenvalue weighted by molar-refractivity contribution is 6.04. The molecule has 0 saturated carbocycles. The van der Waals surface area contributed by atoms with Gasteiger partial charge in [0.05, 0.1) is 0 Å². The fourth-order valence-corrected chi connectivity index (χ4v) is 2.88. The van der Waals surface area contributed by atoms with Crippen molar-refractivity contribution in [2.45, 2.75) is 27.2 Å². The van der Waals surface area contributed by atoms with E-state index in [9.17, 15) is 0 Å². The van der Waals surface area contributed by atoms with Gasteiger partial charge in [-0.3, -0.25) is 0 Å². The monoisotopic (exact) mass is 221 g/mol. The molecule has 0 aliphatic carbocycles. The Morgan fingerprint density at radius 1 is 1.56 bits per heavy atom. The van der Waals surface area contributed by atoms with Gasteiger partial charge in [-0.05, 0) is 37.4 Å². The summed E-state index contributed by atoms with van der Waals surface area (Å²) in [6.07, 6.45) is 2.63. The van der Waals surface area contributed by atoms with Gasteiger partial charge < -0.3 is 15.5 Å².